The van der Waals surface area contributed by atoms with E-state index in [-0.39, 0.29) is 23.0 Å². The molecule has 3 rings (SSSR count). The van der Waals surface area contributed by atoms with Gasteiger partial charge >= 0.3 is 0 Å². The molecule has 7 nitrogen and oxygen atoms in total. The summed E-state index contributed by atoms with van der Waals surface area (Å²) in [5, 5.41) is 17.2. The molecule has 1 N–H and O–H groups in total. The van der Waals surface area contributed by atoms with Crippen LogP contribution in [0.2, 0.25) is 0 Å². The molecule has 0 bridgehead atoms. The van der Waals surface area contributed by atoms with Crippen molar-refractivity contribution in [2.45, 2.75) is 31.5 Å². The Kier molecular flexibility index (Phi) is 5.33. The number of nitrogens with one attached hydrogen (secondary N) is 1. The molecule has 0 radical (unpaired) electrons. The Morgan fingerprint density at radius 2 is 2.04 bits per heavy atom. The number of tetrazole rings is 1. The number of nitrogens with zero attached hydrogens (tertiary/aromatic N) is 5. The number of rotatable bonds is 5. The van der Waals surface area contributed by atoms with Crippen LogP contribution in [0.5, 0.6) is 0 Å². The fourth-order valence-corrected chi connectivity index (χ4v) is 3.65. The van der Waals surface area contributed by atoms with Gasteiger partial charge in [0.15, 0.2) is 5.13 Å². The summed E-state index contributed by atoms with van der Waals surface area (Å²) in [6.07, 6.45) is 0. The summed E-state index contributed by atoms with van der Waals surface area (Å²) in [5.74, 6) is -0.326. The molecule has 0 saturated heterocycles. The Balaban J connectivity index is 1.59. The molecule has 10 heteroatoms. The molecule has 2 aromatic heterocycles. The fraction of sp³-hybridized carbons (Fsp3) is 0.312. The van der Waals surface area contributed by atoms with Crippen molar-refractivity contribution >= 4 is 34.1 Å². The van der Waals surface area contributed by atoms with Crippen molar-refractivity contribution in [3.05, 3.63) is 35.5 Å². The van der Waals surface area contributed by atoms with E-state index in [0.29, 0.717) is 16.0 Å². The molecule has 3 aromatic rings. The number of thiazole rings is 1. The standard InChI is InChI=1S/C16H17FN6OS2/c1-16(2,3)23-15(20-21-22-23)26-9-13(24)19-14-18-12(8-25-14)10-4-6-11(17)7-5-10/h4-8H,9H2,1-3H3,(H,18,19,24). The monoisotopic (exact) mass is 392 g/mol. The molecular weight excluding hydrogens is 375 g/mol. The Bertz CT molecular complexity index is 900. The first-order valence-electron chi connectivity index (χ1n) is 7.76. The second-order valence-electron chi connectivity index (χ2n) is 6.43. The predicted molar refractivity (Wildman–Crippen MR) is 99.7 cm³/mol. The highest BCUT2D eigenvalue weighted by Crippen LogP contribution is 2.26. The van der Waals surface area contributed by atoms with E-state index < -0.39 is 0 Å². The number of hydrogen-bond donors (Lipinski definition) is 1. The fourth-order valence-electron chi connectivity index (χ4n) is 2.06. The molecule has 0 aliphatic rings. The van der Waals surface area contributed by atoms with E-state index in [1.807, 2.05) is 26.2 Å². The zero-order chi connectivity index (χ0) is 18.7. The number of benzene rings is 1. The molecule has 2 heterocycles. The van der Waals surface area contributed by atoms with Crippen LogP contribution in [0.25, 0.3) is 11.3 Å². The largest absolute Gasteiger partial charge is 0.301 e. The Morgan fingerprint density at radius 3 is 2.73 bits per heavy atom. The van der Waals surface area contributed by atoms with Gasteiger partial charge in [-0.3, -0.25) is 4.79 Å². The van der Waals surface area contributed by atoms with Crippen molar-refractivity contribution < 1.29 is 9.18 Å². The van der Waals surface area contributed by atoms with Crippen LogP contribution in [-0.4, -0.2) is 36.9 Å². The van der Waals surface area contributed by atoms with Crippen LogP contribution in [0.3, 0.4) is 0 Å². The summed E-state index contributed by atoms with van der Waals surface area (Å²) < 4.78 is 14.7. The molecule has 0 unspecified atom stereocenters. The third-order valence-corrected chi connectivity index (χ3v) is 4.98. The third kappa shape index (κ3) is 4.44. The lowest BCUT2D eigenvalue weighted by Gasteiger charge is -2.19. The van der Waals surface area contributed by atoms with Crippen molar-refractivity contribution in [2.24, 2.45) is 0 Å². The lowest BCUT2D eigenvalue weighted by molar-refractivity contribution is -0.113. The summed E-state index contributed by atoms with van der Waals surface area (Å²) >= 11 is 2.58. The number of thioether (sulfide) groups is 1. The number of halogens is 1. The highest BCUT2D eigenvalue weighted by molar-refractivity contribution is 7.99. The van der Waals surface area contributed by atoms with Crippen molar-refractivity contribution in [1.29, 1.82) is 0 Å². The molecule has 0 saturated carbocycles. The molecule has 1 aromatic carbocycles. The van der Waals surface area contributed by atoms with Gasteiger partial charge in [0, 0.05) is 10.9 Å². The first-order chi connectivity index (χ1) is 12.3. The normalized spacial score (nSPS) is 11.5. The van der Waals surface area contributed by atoms with Gasteiger partial charge in [0.05, 0.1) is 17.0 Å². The highest BCUT2D eigenvalue weighted by atomic mass is 32.2. The van der Waals surface area contributed by atoms with Gasteiger partial charge < -0.3 is 5.32 Å². The van der Waals surface area contributed by atoms with E-state index in [0.717, 1.165) is 5.56 Å². The van der Waals surface area contributed by atoms with Gasteiger partial charge in [-0.1, -0.05) is 11.8 Å². The average Bonchev–Trinajstić information content (AvgIpc) is 3.22. The zero-order valence-electron chi connectivity index (χ0n) is 14.4. The summed E-state index contributed by atoms with van der Waals surface area (Å²) in [5.41, 5.74) is 1.22. The zero-order valence-corrected chi connectivity index (χ0v) is 16.1. The number of amides is 1. The maximum absolute atomic E-state index is 13.0. The number of carbonyl (C=O) groups excluding carboxylic acids is 1. The van der Waals surface area contributed by atoms with Crippen LogP contribution in [-0.2, 0) is 10.3 Å². The van der Waals surface area contributed by atoms with Crippen LogP contribution >= 0.6 is 23.1 Å². The van der Waals surface area contributed by atoms with Crippen molar-refractivity contribution in [1.82, 2.24) is 25.2 Å². The number of aromatic nitrogens is 5. The van der Waals surface area contributed by atoms with Gasteiger partial charge in [0.1, 0.15) is 5.82 Å². The van der Waals surface area contributed by atoms with E-state index in [4.69, 9.17) is 0 Å². The highest BCUT2D eigenvalue weighted by Gasteiger charge is 2.20. The maximum atomic E-state index is 13.0. The predicted octanol–water partition coefficient (Wildman–Crippen LogP) is 3.42. The summed E-state index contributed by atoms with van der Waals surface area (Å²) in [6, 6.07) is 6.06. The summed E-state index contributed by atoms with van der Waals surface area (Å²) in [6.45, 7) is 5.96. The smallest absolute Gasteiger partial charge is 0.236 e. The quantitative estimate of drug-likeness (QED) is 0.670. The minimum atomic E-state index is -0.299. The average molecular weight is 392 g/mol. The molecule has 0 atom stereocenters. The van der Waals surface area contributed by atoms with Gasteiger partial charge in [-0.25, -0.2) is 14.1 Å². The van der Waals surface area contributed by atoms with Gasteiger partial charge in [-0.2, -0.15) is 0 Å². The molecule has 1 amide bonds. The second kappa shape index (κ2) is 7.50. The van der Waals surface area contributed by atoms with E-state index >= 15 is 0 Å². The van der Waals surface area contributed by atoms with Crippen LogP contribution in [0.1, 0.15) is 20.8 Å². The molecular formula is C16H17FN6OS2. The molecule has 136 valence electrons. The van der Waals surface area contributed by atoms with E-state index in [1.165, 1.54) is 35.2 Å². The molecule has 26 heavy (non-hydrogen) atoms. The van der Waals surface area contributed by atoms with E-state index in [2.05, 4.69) is 25.8 Å². The van der Waals surface area contributed by atoms with Crippen LogP contribution in [0, 0.1) is 5.82 Å². The SMILES string of the molecule is CC(C)(C)n1nnnc1SCC(=O)Nc1nc(-c2ccc(F)cc2)cs1. The van der Waals surface area contributed by atoms with E-state index in [1.54, 1.807) is 16.8 Å². The molecule has 0 aliphatic heterocycles. The topological polar surface area (TPSA) is 85.6 Å². The second-order valence-corrected chi connectivity index (χ2v) is 8.23. The van der Waals surface area contributed by atoms with Gasteiger partial charge in [0.2, 0.25) is 11.1 Å². The van der Waals surface area contributed by atoms with Crippen molar-refractivity contribution in [3.63, 3.8) is 0 Å². The van der Waals surface area contributed by atoms with Gasteiger partial charge in [-0.05, 0) is 55.5 Å². The van der Waals surface area contributed by atoms with Gasteiger partial charge in [0.25, 0.3) is 0 Å². The third-order valence-electron chi connectivity index (χ3n) is 3.30. The van der Waals surface area contributed by atoms with Crippen LogP contribution in [0.4, 0.5) is 9.52 Å². The van der Waals surface area contributed by atoms with Crippen LogP contribution < -0.4 is 5.32 Å². The molecule has 0 spiro atoms. The maximum Gasteiger partial charge on any atom is 0.236 e. The van der Waals surface area contributed by atoms with Crippen molar-refractivity contribution in [3.8, 4) is 11.3 Å². The Hall–Kier alpha value is -2.33. The number of anilines is 1. The minimum Gasteiger partial charge on any atom is -0.301 e. The van der Waals surface area contributed by atoms with Gasteiger partial charge in [-0.15, -0.1) is 16.4 Å². The Morgan fingerprint density at radius 1 is 1.31 bits per heavy atom. The Labute approximate surface area is 158 Å². The van der Waals surface area contributed by atoms with Crippen molar-refractivity contribution in [2.75, 3.05) is 11.1 Å². The summed E-state index contributed by atoms with van der Waals surface area (Å²) in [4.78, 5) is 16.5. The number of carbonyl (C=O) groups is 1. The lowest BCUT2D eigenvalue weighted by atomic mass is 10.1. The van der Waals surface area contributed by atoms with Crippen LogP contribution in [0.15, 0.2) is 34.8 Å². The molecule has 0 fully saturated rings. The van der Waals surface area contributed by atoms with E-state index in [9.17, 15) is 9.18 Å². The summed E-state index contributed by atoms with van der Waals surface area (Å²) in [7, 11) is 0. The first kappa shape index (κ1) is 18.5. The molecule has 0 aliphatic carbocycles. The minimum absolute atomic E-state index is 0.169. The lowest BCUT2D eigenvalue weighted by Crippen LogP contribution is -2.24. The number of hydrogen-bond acceptors (Lipinski definition) is 7. The first-order valence-corrected chi connectivity index (χ1v) is 9.62.